The molecule has 0 spiro atoms. The largest absolute Gasteiger partial charge is 0.460 e. The van der Waals surface area contributed by atoms with Crippen molar-refractivity contribution in [1.29, 1.82) is 0 Å². The van der Waals surface area contributed by atoms with E-state index in [-0.39, 0.29) is 5.97 Å². The third-order valence-corrected chi connectivity index (χ3v) is 2.82. The molecule has 1 aromatic rings. The highest BCUT2D eigenvalue weighted by atomic mass is 35.5. The zero-order chi connectivity index (χ0) is 13.9. The van der Waals surface area contributed by atoms with Gasteiger partial charge in [-0.2, -0.15) is 0 Å². The molecule has 0 aromatic heterocycles. The van der Waals surface area contributed by atoms with Gasteiger partial charge in [0, 0.05) is 11.1 Å². The molecule has 2 N–H and O–H groups in total. The van der Waals surface area contributed by atoms with Gasteiger partial charge in [0.15, 0.2) is 0 Å². The van der Waals surface area contributed by atoms with E-state index in [1.165, 1.54) is 0 Å². The summed E-state index contributed by atoms with van der Waals surface area (Å²) < 4.78 is 5.32. The highest BCUT2D eigenvalue weighted by molar-refractivity contribution is 6.30. The van der Waals surface area contributed by atoms with Gasteiger partial charge in [0.1, 0.15) is 5.60 Å². The van der Waals surface area contributed by atoms with E-state index in [0.717, 1.165) is 5.56 Å². The number of halogens is 1. The molecule has 0 aliphatic heterocycles. The van der Waals surface area contributed by atoms with E-state index in [2.05, 4.69) is 0 Å². The molecular weight excluding hydrogens is 250 g/mol. The van der Waals surface area contributed by atoms with Gasteiger partial charge in [-0.3, -0.25) is 4.79 Å². The Morgan fingerprint density at radius 3 is 2.22 bits per heavy atom. The zero-order valence-corrected chi connectivity index (χ0v) is 12.0. The number of esters is 1. The molecule has 0 radical (unpaired) electrons. The molecule has 1 aromatic carbocycles. The summed E-state index contributed by atoms with van der Waals surface area (Å²) in [5.41, 5.74) is 6.44. The van der Waals surface area contributed by atoms with Crippen LogP contribution in [-0.4, -0.2) is 11.6 Å². The first kappa shape index (κ1) is 15.0. The maximum absolute atomic E-state index is 11.9. The summed E-state index contributed by atoms with van der Waals surface area (Å²) in [6, 6.07) is 6.79. The van der Waals surface area contributed by atoms with E-state index in [4.69, 9.17) is 22.1 Å². The van der Waals surface area contributed by atoms with Gasteiger partial charge in [0.25, 0.3) is 0 Å². The second kappa shape index (κ2) is 5.72. The van der Waals surface area contributed by atoms with Crippen molar-refractivity contribution in [2.45, 2.75) is 39.3 Å². The highest BCUT2D eigenvalue weighted by Crippen LogP contribution is 2.23. The van der Waals surface area contributed by atoms with E-state index < -0.39 is 17.6 Å². The molecule has 0 bridgehead atoms. The fourth-order valence-electron chi connectivity index (χ4n) is 1.52. The standard InChI is InChI=1S/C14H20ClNO2/c1-9(13(17)18-14(2,3)4)12(16)10-5-7-11(15)8-6-10/h5-9,12H,16H2,1-4H3/t9-,12-/m0/s1. The summed E-state index contributed by atoms with van der Waals surface area (Å²) in [4.78, 5) is 11.9. The third-order valence-electron chi connectivity index (χ3n) is 2.57. The summed E-state index contributed by atoms with van der Waals surface area (Å²) in [5.74, 6) is -0.685. The quantitative estimate of drug-likeness (QED) is 0.857. The van der Waals surface area contributed by atoms with Crippen molar-refractivity contribution in [3.63, 3.8) is 0 Å². The third kappa shape index (κ3) is 4.31. The smallest absolute Gasteiger partial charge is 0.311 e. The van der Waals surface area contributed by atoms with Crippen LogP contribution in [0.25, 0.3) is 0 Å². The van der Waals surface area contributed by atoms with Crippen molar-refractivity contribution in [3.05, 3.63) is 34.9 Å². The van der Waals surface area contributed by atoms with Crippen LogP contribution in [0.5, 0.6) is 0 Å². The van der Waals surface area contributed by atoms with Gasteiger partial charge in [-0.05, 0) is 38.5 Å². The van der Waals surface area contributed by atoms with Crippen LogP contribution in [0.1, 0.15) is 39.3 Å². The second-order valence-electron chi connectivity index (χ2n) is 5.40. The predicted octanol–water partition coefficient (Wildman–Crippen LogP) is 3.32. The maximum atomic E-state index is 11.9. The Kier molecular flexibility index (Phi) is 4.77. The Morgan fingerprint density at radius 1 is 1.28 bits per heavy atom. The molecule has 0 aliphatic rings. The lowest BCUT2D eigenvalue weighted by Gasteiger charge is -2.25. The fraction of sp³-hybridized carbons (Fsp3) is 0.500. The van der Waals surface area contributed by atoms with Crippen molar-refractivity contribution in [1.82, 2.24) is 0 Å². The number of ether oxygens (including phenoxy) is 1. The second-order valence-corrected chi connectivity index (χ2v) is 5.84. The first-order valence-corrected chi connectivity index (χ1v) is 6.32. The lowest BCUT2D eigenvalue weighted by atomic mass is 9.95. The Bertz CT molecular complexity index is 409. The van der Waals surface area contributed by atoms with E-state index in [0.29, 0.717) is 5.02 Å². The molecule has 4 heteroatoms. The summed E-state index contributed by atoms with van der Waals surface area (Å²) in [5, 5.41) is 0.649. The molecule has 0 saturated carbocycles. The lowest BCUT2D eigenvalue weighted by molar-refractivity contribution is -0.160. The van der Waals surface area contributed by atoms with Gasteiger partial charge >= 0.3 is 5.97 Å². The van der Waals surface area contributed by atoms with Gasteiger partial charge in [-0.25, -0.2) is 0 Å². The van der Waals surface area contributed by atoms with Crippen LogP contribution < -0.4 is 5.73 Å². The number of rotatable bonds is 3. The van der Waals surface area contributed by atoms with Crippen molar-refractivity contribution < 1.29 is 9.53 Å². The van der Waals surface area contributed by atoms with Crippen LogP contribution in [-0.2, 0) is 9.53 Å². The molecule has 3 nitrogen and oxygen atoms in total. The fourth-order valence-corrected chi connectivity index (χ4v) is 1.64. The molecule has 0 saturated heterocycles. The van der Waals surface area contributed by atoms with Crippen molar-refractivity contribution >= 4 is 17.6 Å². The molecule has 1 rings (SSSR count). The first-order chi connectivity index (χ1) is 8.20. The number of carbonyl (C=O) groups excluding carboxylic acids is 1. The average Bonchev–Trinajstić information content (AvgIpc) is 2.26. The van der Waals surface area contributed by atoms with E-state index in [9.17, 15) is 4.79 Å². The Hall–Kier alpha value is -1.06. The number of benzene rings is 1. The number of hydrogen-bond donors (Lipinski definition) is 1. The van der Waals surface area contributed by atoms with E-state index in [1.54, 1.807) is 19.1 Å². The maximum Gasteiger partial charge on any atom is 0.311 e. The summed E-state index contributed by atoms with van der Waals surface area (Å²) in [6.45, 7) is 7.29. The first-order valence-electron chi connectivity index (χ1n) is 5.94. The molecule has 18 heavy (non-hydrogen) atoms. The minimum atomic E-state index is -0.495. The Morgan fingerprint density at radius 2 is 1.78 bits per heavy atom. The van der Waals surface area contributed by atoms with Gasteiger partial charge < -0.3 is 10.5 Å². The zero-order valence-electron chi connectivity index (χ0n) is 11.2. The van der Waals surface area contributed by atoms with Gasteiger partial charge in [-0.1, -0.05) is 30.7 Å². The summed E-state index contributed by atoms with van der Waals surface area (Å²) >= 11 is 5.81. The Labute approximate surface area is 113 Å². The van der Waals surface area contributed by atoms with Crippen LogP contribution in [0.2, 0.25) is 5.02 Å². The van der Waals surface area contributed by atoms with Gasteiger partial charge in [0.05, 0.1) is 5.92 Å². The normalized spacial score (nSPS) is 15.0. The van der Waals surface area contributed by atoms with Crippen molar-refractivity contribution in [2.75, 3.05) is 0 Å². The van der Waals surface area contributed by atoms with Crippen LogP contribution in [0.15, 0.2) is 24.3 Å². The number of carbonyl (C=O) groups is 1. The van der Waals surface area contributed by atoms with Crippen LogP contribution in [0, 0.1) is 5.92 Å². The lowest BCUT2D eigenvalue weighted by Crippen LogP contribution is -2.33. The minimum Gasteiger partial charge on any atom is -0.460 e. The molecule has 100 valence electrons. The van der Waals surface area contributed by atoms with Gasteiger partial charge in [0.2, 0.25) is 0 Å². The molecule has 2 atom stereocenters. The van der Waals surface area contributed by atoms with E-state index >= 15 is 0 Å². The number of hydrogen-bond acceptors (Lipinski definition) is 3. The van der Waals surface area contributed by atoms with Gasteiger partial charge in [-0.15, -0.1) is 0 Å². The van der Waals surface area contributed by atoms with E-state index in [1.807, 2.05) is 32.9 Å². The molecule has 0 heterocycles. The SMILES string of the molecule is C[C@H](C(=O)OC(C)(C)C)[C@H](N)c1ccc(Cl)cc1. The number of nitrogens with two attached hydrogens (primary N) is 1. The van der Waals surface area contributed by atoms with Crippen LogP contribution in [0.3, 0.4) is 0 Å². The average molecular weight is 270 g/mol. The van der Waals surface area contributed by atoms with Crippen molar-refractivity contribution in [3.8, 4) is 0 Å². The molecule has 0 amide bonds. The molecular formula is C14H20ClNO2. The topological polar surface area (TPSA) is 52.3 Å². The molecule has 0 unspecified atom stereocenters. The van der Waals surface area contributed by atoms with Crippen LogP contribution >= 0.6 is 11.6 Å². The minimum absolute atomic E-state index is 0.287. The predicted molar refractivity (Wildman–Crippen MR) is 73.4 cm³/mol. The molecule has 0 fully saturated rings. The monoisotopic (exact) mass is 269 g/mol. The Balaban J connectivity index is 2.74. The summed E-state index contributed by atoms with van der Waals surface area (Å²) in [6.07, 6.45) is 0. The summed E-state index contributed by atoms with van der Waals surface area (Å²) in [7, 11) is 0. The molecule has 0 aliphatic carbocycles. The highest BCUT2D eigenvalue weighted by Gasteiger charge is 2.27. The van der Waals surface area contributed by atoms with Crippen LogP contribution in [0.4, 0.5) is 0 Å². The van der Waals surface area contributed by atoms with Crippen molar-refractivity contribution in [2.24, 2.45) is 11.7 Å².